The Morgan fingerprint density at radius 1 is 1.37 bits per heavy atom. The van der Waals surface area contributed by atoms with Gasteiger partial charge in [0.25, 0.3) is 5.91 Å². The van der Waals surface area contributed by atoms with Crippen molar-refractivity contribution in [3.63, 3.8) is 0 Å². The van der Waals surface area contributed by atoms with Crippen molar-refractivity contribution in [1.82, 2.24) is 4.98 Å². The highest BCUT2D eigenvalue weighted by molar-refractivity contribution is 6.31. The number of carbonyl (C=O) groups is 1. The van der Waals surface area contributed by atoms with Crippen LogP contribution in [0.4, 0.5) is 5.69 Å². The number of aromatic nitrogens is 1. The number of carbonyl (C=O) groups excluding carboxylic acids is 1. The van der Waals surface area contributed by atoms with Gasteiger partial charge in [0.05, 0.1) is 11.3 Å². The zero-order valence-electron chi connectivity index (χ0n) is 10.1. The third-order valence-electron chi connectivity index (χ3n) is 2.51. The van der Waals surface area contributed by atoms with E-state index in [2.05, 4.69) is 10.3 Å². The van der Waals surface area contributed by atoms with Crippen molar-refractivity contribution in [1.29, 1.82) is 5.26 Å². The van der Waals surface area contributed by atoms with Crippen molar-refractivity contribution in [2.45, 2.75) is 6.92 Å². The Bertz CT molecular complexity index is 677. The van der Waals surface area contributed by atoms with Crippen LogP contribution in [0.5, 0.6) is 0 Å². The van der Waals surface area contributed by atoms with Gasteiger partial charge in [-0.1, -0.05) is 11.6 Å². The summed E-state index contributed by atoms with van der Waals surface area (Å²) in [4.78, 5) is 16.1. The summed E-state index contributed by atoms with van der Waals surface area (Å²) in [6, 6.07) is 10.0. The molecule has 0 aliphatic heterocycles. The summed E-state index contributed by atoms with van der Waals surface area (Å²) in [7, 11) is 0. The summed E-state index contributed by atoms with van der Waals surface area (Å²) in [5.41, 5.74) is 1.99. The molecular weight excluding hydrogens is 262 g/mol. The van der Waals surface area contributed by atoms with Crippen molar-refractivity contribution >= 4 is 23.2 Å². The lowest BCUT2D eigenvalue weighted by molar-refractivity contribution is 0.102. The summed E-state index contributed by atoms with van der Waals surface area (Å²) in [5, 5.41) is 12.1. The number of anilines is 1. The number of amides is 1. The molecule has 2 aromatic rings. The number of nitrogens with one attached hydrogen (secondary N) is 1. The van der Waals surface area contributed by atoms with E-state index in [4.69, 9.17) is 16.9 Å². The molecule has 19 heavy (non-hydrogen) atoms. The second kappa shape index (κ2) is 5.51. The largest absolute Gasteiger partial charge is 0.321 e. The molecule has 1 aromatic heterocycles. The van der Waals surface area contributed by atoms with E-state index in [1.54, 1.807) is 43.5 Å². The number of nitriles is 1. The molecule has 5 heteroatoms. The maximum atomic E-state index is 12.1. The third kappa shape index (κ3) is 3.09. The topological polar surface area (TPSA) is 65.8 Å². The van der Waals surface area contributed by atoms with E-state index in [0.717, 1.165) is 5.69 Å². The first-order chi connectivity index (χ1) is 9.10. The highest BCUT2D eigenvalue weighted by Crippen LogP contribution is 2.21. The summed E-state index contributed by atoms with van der Waals surface area (Å²) < 4.78 is 0. The minimum atomic E-state index is -0.302. The quantitative estimate of drug-likeness (QED) is 0.912. The van der Waals surface area contributed by atoms with Crippen LogP contribution in [0.3, 0.4) is 0 Å². The van der Waals surface area contributed by atoms with Gasteiger partial charge in [0, 0.05) is 22.5 Å². The normalized spacial score (nSPS) is 9.74. The molecule has 0 aliphatic rings. The first-order valence-corrected chi connectivity index (χ1v) is 5.91. The molecule has 1 N–H and O–H groups in total. The fourth-order valence-corrected chi connectivity index (χ4v) is 1.77. The predicted octanol–water partition coefficient (Wildman–Crippen LogP) is 3.17. The van der Waals surface area contributed by atoms with Crippen molar-refractivity contribution in [2.24, 2.45) is 0 Å². The molecule has 0 saturated carbocycles. The van der Waals surface area contributed by atoms with Gasteiger partial charge >= 0.3 is 0 Å². The molecule has 0 aliphatic carbocycles. The third-order valence-corrected chi connectivity index (χ3v) is 2.74. The Morgan fingerprint density at radius 2 is 2.16 bits per heavy atom. The minimum absolute atomic E-state index is 0.302. The number of rotatable bonds is 2. The van der Waals surface area contributed by atoms with Crippen LogP contribution in [0.2, 0.25) is 5.02 Å². The zero-order valence-corrected chi connectivity index (χ0v) is 10.9. The molecular formula is C14H10ClN3O. The van der Waals surface area contributed by atoms with Crippen molar-refractivity contribution in [3.8, 4) is 6.07 Å². The van der Waals surface area contributed by atoms with Crippen LogP contribution in [0, 0.1) is 18.3 Å². The maximum Gasteiger partial charge on any atom is 0.255 e. The van der Waals surface area contributed by atoms with E-state index < -0.39 is 0 Å². The lowest BCUT2D eigenvalue weighted by Gasteiger charge is -2.07. The predicted molar refractivity (Wildman–Crippen MR) is 73.1 cm³/mol. The standard InChI is InChI=1S/C14H10ClN3O/c1-9-6-10(4-5-17-9)14(19)18-13-7-12(15)3-2-11(13)8-16/h2-7H,1H3,(H,18,19). The zero-order chi connectivity index (χ0) is 13.8. The van der Waals surface area contributed by atoms with Crippen LogP contribution in [-0.4, -0.2) is 10.9 Å². The van der Waals surface area contributed by atoms with Crippen LogP contribution in [0.1, 0.15) is 21.6 Å². The van der Waals surface area contributed by atoms with Gasteiger partial charge in [0.15, 0.2) is 0 Å². The van der Waals surface area contributed by atoms with Crippen LogP contribution in [0.15, 0.2) is 36.5 Å². The first-order valence-electron chi connectivity index (χ1n) is 5.54. The fraction of sp³-hybridized carbons (Fsp3) is 0.0714. The Balaban J connectivity index is 2.29. The molecule has 1 amide bonds. The number of hydrogen-bond donors (Lipinski definition) is 1. The molecule has 0 fully saturated rings. The van der Waals surface area contributed by atoms with Crippen molar-refractivity contribution in [3.05, 3.63) is 58.4 Å². The number of hydrogen-bond acceptors (Lipinski definition) is 3. The first kappa shape index (κ1) is 13.1. The average Bonchev–Trinajstić information content (AvgIpc) is 2.39. The van der Waals surface area contributed by atoms with E-state index in [-0.39, 0.29) is 5.91 Å². The van der Waals surface area contributed by atoms with Gasteiger partial charge in [-0.2, -0.15) is 5.26 Å². The van der Waals surface area contributed by atoms with Crippen molar-refractivity contribution < 1.29 is 4.79 Å². The monoisotopic (exact) mass is 271 g/mol. The second-order valence-electron chi connectivity index (χ2n) is 3.94. The van der Waals surface area contributed by atoms with Crippen LogP contribution >= 0.6 is 11.6 Å². The molecule has 1 aromatic carbocycles. The van der Waals surface area contributed by atoms with E-state index in [0.29, 0.717) is 21.8 Å². The fourth-order valence-electron chi connectivity index (χ4n) is 1.60. The molecule has 94 valence electrons. The lowest BCUT2D eigenvalue weighted by atomic mass is 10.1. The van der Waals surface area contributed by atoms with Gasteiger partial charge in [-0.25, -0.2) is 0 Å². The highest BCUT2D eigenvalue weighted by Gasteiger charge is 2.10. The van der Waals surface area contributed by atoms with Crippen molar-refractivity contribution in [2.75, 3.05) is 5.32 Å². The molecule has 0 atom stereocenters. The Morgan fingerprint density at radius 3 is 2.84 bits per heavy atom. The van der Waals surface area contributed by atoms with Gasteiger partial charge < -0.3 is 5.32 Å². The molecule has 4 nitrogen and oxygen atoms in total. The molecule has 0 bridgehead atoms. The second-order valence-corrected chi connectivity index (χ2v) is 4.38. The summed E-state index contributed by atoms with van der Waals surface area (Å²) in [6.07, 6.45) is 1.56. The van der Waals surface area contributed by atoms with Crippen LogP contribution < -0.4 is 5.32 Å². The number of nitrogens with zero attached hydrogens (tertiary/aromatic N) is 2. The number of benzene rings is 1. The van der Waals surface area contributed by atoms with Crippen LogP contribution in [-0.2, 0) is 0 Å². The molecule has 1 heterocycles. The molecule has 0 radical (unpaired) electrons. The van der Waals surface area contributed by atoms with Gasteiger partial charge in [-0.15, -0.1) is 0 Å². The summed E-state index contributed by atoms with van der Waals surface area (Å²) in [5.74, 6) is -0.302. The Hall–Kier alpha value is -2.38. The van der Waals surface area contributed by atoms with Crippen LogP contribution in [0.25, 0.3) is 0 Å². The highest BCUT2D eigenvalue weighted by atomic mass is 35.5. The minimum Gasteiger partial charge on any atom is -0.321 e. The lowest BCUT2D eigenvalue weighted by Crippen LogP contribution is -2.13. The summed E-state index contributed by atoms with van der Waals surface area (Å²) in [6.45, 7) is 1.80. The number of aryl methyl sites for hydroxylation is 1. The smallest absolute Gasteiger partial charge is 0.255 e. The Labute approximate surface area is 115 Å². The molecule has 0 unspecified atom stereocenters. The average molecular weight is 272 g/mol. The SMILES string of the molecule is Cc1cc(C(=O)Nc2cc(Cl)ccc2C#N)ccn1. The van der Waals surface area contributed by atoms with E-state index >= 15 is 0 Å². The molecule has 0 spiro atoms. The van der Waals surface area contributed by atoms with E-state index in [1.807, 2.05) is 6.07 Å². The van der Waals surface area contributed by atoms with Gasteiger partial charge in [-0.3, -0.25) is 9.78 Å². The van der Waals surface area contributed by atoms with E-state index in [1.165, 1.54) is 0 Å². The van der Waals surface area contributed by atoms with Gasteiger partial charge in [0.1, 0.15) is 6.07 Å². The van der Waals surface area contributed by atoms with E-state index in [9.17, 15) is 4.79 Å². The number of pyridine rings is 1. The summed E-state index contributed by atoms with van der Waals surface area (Å²) >= 11 is 5.86. The molecule has 2 rings (SSSR count). The van der Waals surface area contributed by atoms with Gasteiger partial charge in [0.2, 0.25) is 0 Å². The Kier molecular flexibility index (Phi) is 3.79. The maximum absolute atomic E-state index is 12.1. The van der Waals surface area contributed by atoms with Gasteiger partial charge in [-0.05, 0) is 37.3 Å². The number of halogens is 1. The molecule has 0 saturated heterocycles.